The third-order valence-corrected chi connectivity index (χ3v) is 7.99. The molecule has 8 nitrogen and oxygen atoms in total. The third-order valence-electron chi connectivity index (χ3n) is 4.58. The van der Waals surface area contributed by atoms with Crippen molar-refractivity contribution in [2.45, 2.75) is 4.90 Å². The lowest BCUT2D eigenvalue weighted by molar-refractivity contribution is 0.0447. The number of carbonyl (C=O) groups is 2. The van der Waals surface area contributed by atoms with Crippen LogP contribution in [0.4, 0.5) is 17.6 Å². The Kier molecular flexibility index (Phi) is 10.4. The zero-order chi connectivity index (χ0) is 29.2. The van der Waals surface area contributed by atoms with Crippen LogP contribution >= 0.6 is 70.4 Å². The predicted octanol–water partition coefficient (Wildman–Crippen LogP) is 6.49. The minimum absolute atomic E-state index is 0.0960. The fraction of sp³-hybridized carbons (Fsp3) is 0.0909. The SMILES string of the molecule is O=C(Oc1c(F)c(F)c(S(=O)(=O)[O-])c(F)c1F)c1ccc(OCCOC(=O)c2c(Br)cc(Br)cc2Br)c(I)c1. The quantitative estimate of drug-likeness (QED) is 0.0480. The molecule has 0 aliphatic carbocycles. The van der Waals surface area contributed by atoms with E-state index in [9.17, 15) is 40.1 Å². The first kappa shape index (κ1) is 31.7. The monoisotopic (exact) mass is 873 g/mol. The molecule has 0 fully saturated rings. The van der Waals surface area contributed by atoms with Gasteiger partial charge in [-0.3, -0.25) is 0 Å². The largest absolute Gasteiger partial charge is 0.744 e. The van der Waals surface area contributed by atoms with E-state index in [2.05, 4.69) is 52.5 Å². The molecule has 3 aromatic carbocycles. The van der Waals surface area contributed by atoms with Gasteiger partial charge in [0.05, 0.1) is 14.7 Å². The molecule has 0 bridgehead atoms. The Labute approximate surface area is 256 Å². The number of carbonyl (C=O) groups excluding carboxylic acids is 2. The van der Waals surface area contributed by atoms with Crippen LogP contribution in [0.5, 0.6) is 11.5 Å². The summed E-state index contributed by atoms with van der Waals surface area (Å²) >= 11 is 11.6. The molecule has 0 spiro atoms. The van der Waals surface area contributed by atoms with Crippen LogP contribution in [0.1, 0.15) is 20.7 Å². The molecule has 3 rings (SSSR count). The number of esters is 2. The molecule has 0 aliphatic rings. The van der Waals surface area contributed by atoms with E-state index in [0.29, 0.717) is 8.95 Å². The van der Waals surface area contributed by atoms with Crippen molar-refractivity contribution in [1.29, 1.82) is 0 Å². The Balaban J connectivity index is 1.67. The second kappa shape index (κ2) is 12.8. The summed E-state index contributed by atoms with van der Waals surface area (Å²) < 4.78 is 106. The van der Waals surface area contributed by atoms with Crippen LogP contribution in [-0.4, -0.2) is 38.1 Å². The Morgan fingerprint density at radius 1 is 0.872 bits per heavy atom. The van der Waals surface area contributed by atoms with E-state index in [0.717, 1.165) is 16.6 Å². The van der Waals surface area contributed by atoms with E-state index in [1.165, 1.54) is 6.07 Å². The summed E-state index contributed by atoms with van der Waals surface area (Å²) in [5, 5.41) is 0. The van der Waals surface area contributed by atoms with E-state index in [1.54, 1.807) is 34.7 Å². The highest BCUT2D eigenvalue weighted by molar-refractivity contribution is 14.1. The van der Waals surface area contributed by atoms with Gasteiger partial charge in [0.2, 0.25) is 17.4 Å². The Hall–Kier alpha value is -1.80. The van der Waals surface area contributed by atoms with E-state index >= 15 is 0 Å². The van der Waals surface area contributed by atoms with E-state index in [-0.39, 0.29) is 33.7 Å². The number of benzene rings is 3. The molecule has 0 atom stereocenters. The standard InChI is InChI=1S/C22H10Br3F4IO8S/c23-9-6-10(24)14(11(25)7-9)22(32)37-4-3-36-13-2-1-8(5-12(13)30)21(31)38-19-15(26)17(28)20(39(33,34)35)18(29)16(19)27/h1-2,5-7H,3-4H2,(H,33,34,35)/p-1. The van der Waals surface area contributed by atoms with Crippen molar-refractivity contribution in [3.05, 3.63) is 81.7 Å². The molecule has 0 saturated carbocycles. The van der Waals surface area contributed by atoms with Crippen LogP contribution in [0.2, 0.25) is 0 Å². The van der Waals surface area contributed by atoms with Gasteiger partial charge in [0.1, 0.15) is 34.0 Å². The number of halogens is 8. The molecule has 0 amide bonds. The Morgan fingerprint density at radius 2 is 1.44 bits per heavy atom. The van der Waals surface area contributed by atoms with Gasteiger partial charge in [-0.15, -0.1) is 0 Å². The van der Waals surface area contributed by atoms with Gasteiger partial charge in [-0.05, 0) is 84.8 Å². The molecular weight excluding hydrogens is 867 g/mol. The van der Waals surface area contributed by atoms with Crippen molar-refractivity contribution in [3.63, 3.8) is 0 Å². The van der Waals surface area contributed by atoms with Gasteiger partial charge < -0.3 is 18.8 Å². The average molecular weight is 876 g/mol. The lowest BCUT2D eigenvalue weighted by Gasteiger charge is -2.14. The maximum Gasteiger partial charge on any atom is 0.343 e. The molecule has 0 radical (unpaired) electrons. The van der Waals surface area contributed by atoms with Crippen molar-refractivity contribution in [3.8, 4) is 11.5 Å². The van der Waals surface area contributed by atoms with Crippen LogP contribution in [0.3, 0.4) is 0 Å². The minimum atomic E-state index is -5.92. The second-order valence-electron chi connectivity index (χ2n) is 7.13. The molecule has 0 unspecified atom stereocenters. The third kappa shape index (κ3) is 7.29. The molecule has 0 N–H and O–H groups in total. The van der Waals surface area contributed by atoms with Crippen molar-refractivity contribution in [1.82, 2.24) is 0 Å². The Bertz CT molecular complexity index is 1550. The number of hydrogen-bond donors (Lipinski definition) is 0. The van der Waals surface area contributed by atoms with Crippen LogP contribution in [0.15, 0.2) is 48.6 Å². The molecule has 0 saturated heterocycles. The second-order valence-corrected chi connectivity index (χ2v) is 12.2. The van der Waals surface area contributed by atoms with Crippen LogP contribution in [0, 0.1) is 26.8 Å². The summed E-state index contributed by atoms with van der Waals surface area (Å²) in [6.45, 7) is -0.250. The van der Waals surface area contributed by atoms with Crippen molar-refractivity contribution < 1.29 is 54.3 Å². The highest BCUT2D eigenvalue weighted by Crippen LogP contribution is 2.33. The molecule has 0 aromatic heterocycles. The lowest BCUT2D eigenvalue weighted by Crippen LogP contribution is -2.16. The first-order valence-corrected chi connectivity index (χ1v) is 14.8. The summed E-state index contributed by atoms with van der Waals surface area (Å²) in [6, 6.07) is 6.84. The van der Waals surface area contributed by atoms with Gasteiger partial charge >= 0.3 is 11.9 Å². The number of hydrogen-bond acceptors (Lipinski definition) is 8. The smallest absolute Gasteiger partial charge is 0.343 e. The minimum Gasteiger partial charge on any atom is -0.744 e. The van der Waals surface area contributed by atoms with Crippen LogP contribution < -0.4 is 9.47 Å². The molecule has 39 heavy (non-hydrogen) atoms. The first-order valence-electron chi connectivity index (χ1n) is 9.91. The highest BCUT2D eigenvalue weighted by atomic mass is 127. The van der Waals surface area contributed by atoms with E-state index in [1.807, 2.05) is 0 Å². The van der Waals surface area contributed by atoms with Gasteiger partial charge in [0.15, 0.2) is 11.6 Å². The van der Waals surface area contributed by atoms with E-state index in [4.69, 9.17) is 9.47 Å². The summed E-state index contributed by atoms with van der Waals surface area (Å²) in [5.74, 6) is -13.6. The van der Waals surface area contributed by atoms with Crippen LogP contribution in [-0.2, 0) is 14.9 Å². The van der Waals surface area contributed by atoms with Gasteiger partial charge in [-0.2, -0.15) is 8.78 Å². The molecule has 0 heterocycles. The maximum atomic E-state index is 14.1. The average Bonchev–Trinajstić information content (AvgIpc) is 2.82. The maximum absolute atomic E-state index is 14.1. The fourth-order valence-corrected chi connectivity index (χ4v) is 6.76. The topological polar surface area (TPSA) is 119 Å². The number of ether oxygens (including phenoxy) is 3. The van der Waals surface area contributed by atoms with Crippen molar-refractivity contribution in [2.24, 2.45) is 0 Å². The van der Waals surface area contributed by atoms with Gasteiger partial charge in [0.25, 0.3) is 0 Å². The van der Waals surface area contributed by atoms with Gasteiger partial charge in [-0.1, -0.05) is 15.9 Å². The summed E-state index contributed by atoms with van der Waals surface area (Å²) in [5.41, 5.74) is -0.0733. The summed E-state index contributed by atoms with van der Waals surface area (Å²) in [6.07, 6.45) is 0. The first-order chi connectivity index (χ1) is 18.1. The summed E-state index contributed by atoms with van der Waals surface area (Å²) in [7, 11) is -5.92. The summed E-state index contributed by atoms with van der Waals surface area (Å²) in [4.78, 5) is 22.3. The lowest BCUT2D eigenvalue weighted by atomic mass is 10.2. The Morgan fingerprint density at radius 3 is 1.95 bits per heavy atom. The van der Waals surface area contributed by atoms with Gasteiger partial charge in [0, 0.05) is 13.4 Å². The molecular formula is C22H9Br3F4IO8S-. The highest BCUT2D eigenvalue weighted by Gasteiger charge is 2.31. The normalized spacial score (nSPS) is 11.3. The van der Waals surface area contributed by atoms with Gasteiger partial charge in [-0.25, -0.2) is 26.8 Å². The van der Waals surface area contributed by atoms with Crippen LogP contribution in [0.25, 0.3) is 0 Å². The number of rotatable bonds is 8. The van der Waals surface area contributed by atoms with E-state index < -0.39 is 56.0 Å². The molecule has 208 valence electrons. The molecule has 0 aliphatic heterocycles. The molecule has 3 aromatic rings. The van der Waals surface area contributed by atoms with Crippen molar-refractivity contribution in [2.75, 3.05) is 13.2 Å². The zero-order valence-corrected chi connectivity index (χ0v) is 26.2. The van der Waals surface area contributed by atoms with Crippen molar-refractivity contribution >= 4 is 92.4 Å². The molecule has 17 heteroatoms. The zero-order valence-electron chi connectivity index (χ0n) is 18.5. The predicted molar refractivity (Wildman–Crippen MR) is 144 cm³/mol. The fourth-order valence-electron chi connectivity index (χ4n) is 2.89.